The quantitative estimate of drug-likeness (QED) is 0.331. The maximum absolute atomic E-state index is 13.0. The first-order valence-corrected chi connectivity index (χ1v) is 13.6. The van der Waals surface area contributed by atoms with Crippen LogP contribution in [0.4, 0.5) is 5.69 Å². The summed E-state index contributed by atoms with van der Waals surface area (Å²) in [6, 6.07) is 16.9. The van der Waals surface area contributed by atoms with Crippen LogP contribution in [-0.4, -0.2) is 36.6 Å². The monoisotopic (exact) mass is 496 g/mol. The number of aryl methyl sites for hydroxylation is 1. The van der Waals surface area contributed by atoms with Crippen LogP contribution in [0.25, 0.3) is 20.7 Å². The first kappa shape index (κ1) is 22.0. The number of hydrogen-bond acceptors (Lipinski definition) is 7. The Kier molecular flexibility index (Phi) is 5.69. The molecule has 0 bridgehead atoms. The van der Waals surface area contributed by atoms with Crippen LogP contribution in [0.3, 0.4) is 0 Å². The van der Waals surface area contributed by atoms with Gasteiger partial charge in [0.05, 0.1) is 10.6 Å². The molecule has 2 N–H and O–H groups in total. The molecule has 0 spiro atoms. The number of aromatic nitrogens is 2. The Balaban J connectivity index is 1.38. The van der Waals surface area contributed by atoms with Crippen LogP contribution in [0.15, 0.2) is 64.5 Å². The average molecular weight is 497 g/mol. The number of sulfonamides is 1. The Morgan fingerprint density at radius 1 is 1.15 bits per heavy atom. The van der Waals surface area contributed by atoms with Crippen LogP contribution >= 0.6 is 23.1 Å². The van der Waals surface area contributed by atoms with Gasteiger partial charge in [-0.25, -0.2) is 23.5 Å². The lowest BCUT2D eigenvalue weighted by atomic mass is 10.2. The predicted molar refractivity (Wildman–Crippen MR) is 132 cm³/mol. The Morgan fingerprint density at radius 2 is 1.94 bits per heavy atom. The maximum Gasteiger partial charge on any atom is 0.238 e. The highest BCUT2D eigenvalue weighted by atomic mass is 32.2. The van der Waals surface area contributed by atoms with Gasteiger partial charge in [0.1, 0.15) is 15.7 Å². The van der Waals surface area contributed by atoms with Crippen molar-refractivity contribution in [2.45, 2.75) is 23.3 Å². The fourth-order valence-electron chi connectivity index (χ4n) is 3.87. The molecule has 1 aliphatic rings. The summed E-state index contributed by atoms with van der Waals surface area (Å²) in [5.74, 6) is 0.837. The zero-order valence-electron chi connectivity index (χ0n) is 17.7. The van der Waals surface area contributed by atoms with Gasteiger partial charge in [-0.15, -0.1) is 11.3 Å². The molecule has 2 aromatic heterocycles. The highest BCUT2D eigenvalue weighted by Crippen LogP contribution is 2.37. The van der Waals surface area contributed by atoms with Crippen molar-refractivity contribution in [3.63, 3.8) is 0 Å². The Bertz CT molecular complexity index is 1480. The highest BCUT2D eigenvalue weighted by Gasteiger charge is 2.26. The first-order chi connectivity index (χ1) is 15.8. The molecule has 0 saturated heterocycles. The van der Waals surface area contributed by atoms with Gasteiger partial charge in [-0.05, 0) is 48.7 Å². The molecule has 1 aliphatic heterocycles. The van der Waals surface area contributed by atoms with Crippen molar-refractivity contribution in [2.24, 2.45) is 5.14 Å². The van der Waals surface area contributed by atoms with E-state index in [1.807, 2.05) is 25.1 Å². The van der Waals surface area contributed by atoms with Crippen molar-refractivity contribution in [1.82, 2.24) is 9.97 Å². The summed E-state index contributed by atoms with van der Waals surface area (Å²) < 4.78 is 23.2. The molecule has 3 heterocycles. The van der Waals surface area contributed by atoms with E-state index in [2.05, 4.69) is 28.2 Å². The minimum absolute atomic E-state index is 0.0509. The van der Waals surface area contributed by atoms with Gasteiger partial charge in [0.2, 0.25) is 15.9 Å². The minimum atomic E-state index is -3.77. The summed E-state index contributed by atoms with van der Waals surface area (Å²) in [6.45, 7) is 2.37. The number of carbonyl (C=O) groups is 1. The molecule has 0 saturated carbocycles. The molecule has 7 nitrogen and oxygen atoms in total. The molecule has 0 aliphatic carbocycles. The third-order valence-corrected chi connectivity index (χ3v) is 8.40. The van der Waals surface area contributed by atoms with Crippen molar-refractivity contribution in [1.29, 1.82) is 0 Å². The average Bonchev–Trinajstić information content (AvgIpc) is 3.41. The predicted octanol–water partition coefficient (Wildman–Crippen LogP) is 4.00. The van der Waals surface area contributed by atoms with E-state index in [0.717, 1.165) is 36.9 Å². The van der Waals surface area contributed by atoms with Crippen molar-refractivity contribution < 1.29 is 13.2 Å². The van der Waals surface area contributed by atoms with Gasteiger partial charge >= 0.3 is 0 Å². The number of thioether (sulfide) groups is 1. The molecule has 0 unspecified atom stereocenters. The maximum atomic E-state index is 13.0. The van der Waals surface area contributed by atoms with Crippen LogP contribution in [0.2, 0.25) is 0 Å². The fourth-order valence-corrected chi connectivity index (χ4v) is 6.51. The number of benzene rings is 2. The Labute approximate surface area is 199 Å². The number of fused-ring (bicyclic) bond motifs is 2. The molecule has 4 aromatic rings. The van der Waals surface area contributed by atoms with Crippen LogP contribution in [-0.2, 0) is 21.2 Å². The first-order valence-electron chi connectivity index (χ1n) is 10.2. The summed E-state index contributed by atoms with van der Waals surface area (Å²) in [6.07, 6.45) is 0.594. The van der Waals surface area contributed by atoms with Gasteiger partial charge < -0.3 is 4.90 Å². The van der Waals surface area contributed by atoms with E-state index in [0.29, 0.717) is 18.8 Å². The van der Waals surface area contributed by atoms with E-state index in [4.69, 9.17) is 5.14 Å². The van der Waals surface area contributed by atoms with E-state index >= 15 is 0 Å². The number of hydrogen-bond donors (Lipinski definition) is 1. The van der Waals surface area contributed by atoms with Crippen molar-refractivity contribution in [3.05, 3.63) is 66.0 Å². The zero-order valence-corrected chi connectivity index (χ0v) is 20.1. The van der Waals surface area contributed by atoms with Gasteiger partial charge in [0, 0.05) is 22.5 Å². The molecule has 2 aromatic carbocycles. The second kappa shape index (κ2) is 8.53. The number of amides is 1. The van der Waals surface area contributed by atoms with Gasteiger partial charge in [-0.1, -0.05) is 42.1 Å². The van der Waals surface area contributed by atoms with Crippen LogP contribution in [0.1, 0.15) is 11.4 Å². The van der Waals surface area contributed by atoms with Crippen molar-refractivity contribution in [3.8, 4) is 10.4 Å². The number of carbonyl (C=O) groups excluding carboxylic acids is 1. The fraction of sp³-hybridized carbons (Fsp3) is 0.174. The van der Waals surface area contributed by atoms with E-state index in [-0.39, 0.29) is 16.6 Å². The summed E-state index contributed by atoms with van der Waals surface area (Å²) in [4.78, 5) is 26.0. The third-order valence-electron chi connectivity index (χ3n) is 5.44. The van der Waals surface area contributed by atoms with Crippen molar-refractivity contribution in [2.75, 3.05) is 17.2 Å². The largest absolute Gasteiger partial charge is 0.311 e. The molecule has 5 rings (SSSR count). The lowest BCUT2D eigenvalue weighted by Crippen LogP contribution is -2.30. The number of primary sulfonamides is 1. The molecule has 168 valence electrons. The number of rotatable bonds is 5. The van der Waals surface area contributed by atoms with Gasteiger partial charge in [-0.3, -0.25) is 4.79 Å². The highest BCUT2D eigenvalue weighted by molar-refractivity contribution is 8.00. The van der Waals surface area contributed by atoms with Crippen LogP contribution in [0, 0.1) is 6.92 Å². The standard InChI is InChI=1S/C23H20N4O3S3/c1-14-25-22(18-12-20(32-23(18)26-14)15-5-3-2-4-6-15)31-13-21(28)27-10-9-16-11-17(33(24,29)30)7-8-19(16)27/h2-8,11-12H,9-10,13H2,1H3,(H2,24,29,30). The van der Waals surface area contributed by atoms with Crippen LogP contribution in [0.5, 0.6) is 0 Å². The van der Waals surface area contributed by atoms with Crippen molar-refractivity contribution >= 4 is 54.9 Å². The molecular weight excluding hydrogens is 476 g/mol. The molecular formula is C23H20N4O3S3. The van der Waals surface area contributed by atoms with E-state index in [9.17, 15) is 13.2 Å². The molecule has 0 atom stereocenters. The zero-order chi connectivity index (χ0) is 23.2. The summed E-state index contributed by atoms with van der Waals surface area (Å²) in [5.41, 5.74) is 2.67. The van der Waals surface area contributed by atoms with Gasteiger partial charge in [0.15, 0.2) is 0 Å². The smallest absolute Gasteiger partial charge is 0.238 e. The Hall–Kier alpha value is -2.79. The Morgan fingerprint density at radius 3 is 2.70 bits per heavy atom. The molecule has 0 fully saturated rings. The number of thiophene rings is 1. The molecule has 0 radical (unpaired) electrons. The summed E-state index contributed by atoms with van der Waals surface area (Å²) >= 11 is 3.01. The van der Waals surface area contributed by atoms with E-state index in [1.54, 1.807) is 28.4 Å². The van der Waals surface area contributed by atoms with Gasteiger partial charge in [0.25, 0.3) is 0 Å². The second-order valence-corrected chi connectivity index (χ2v) is 11.2. The summed E-state index contributed by atoms with van der Waals surface area (Å²) in [5, 5.41) is 6.96. The topological polar surface area (TPSA) is 106 Å². The number of anilines is 1. The SMILES string of the molecule is Cc1nc(SCC(=O)N2CCc3cc(S(N)(=O)=O)ccc32)c2cc(-c3ccccc3)sc2n1. The van der Waals surface area contributed by atoms with E-state index < -0.39 is 10.0 Å². The number of nitrogens with two attached hydrogens (primary N) is 1. The molecule has 1 amide bonds. The second-order valence-electron chi connectivity index (χ2n) is 7.69. The summed E-state index contributed by atoms with van der Waals surface area (Å²) in [7, 11) is -3.77. The number of nitrogens with zero attached hydrogens (tertiary/aromatic N) is 3. The minimum Gasteiger partial charge on any atom is -0.311 e. The lowest BCUT2D eigenvalue weighted by Gasteiger charge is -2.17. The van der Waals surface area contributed by atoms with Crippen LogP contribution < -0.4 is 10.0 Å². The third kappa shape index (κ3) is 4.39. The van der Waals surface area contributed by atoms with E-state index in [1.165, 1.54) is 17.8 Å². The normalized spacial score (nSPS) is 13.5. The lowest BCUT2D eigenvalue weighted by molar-refractivity contribution is -0.116. The molecule has 33 heavy (non-hydrogen) atoms. The molecule has 10 heteroatoms. The van der Waals surface area contributed by atoms with Gasteiger partial charge in [-0.2, -0.15) is 0 Å².